The molecule has 86 valence electrons. The summed E-state index contributed by atoms with van der Waals surface area (Å²) < 4.78 is 0. The molecule has 0 bridgehead atoms. The van der Waals surface area contributed by atoms with Crippen LogP contribution < -0.4 is 10.6 Å². The van der Waals surface area contributed by atoms with Gasteiger partial charge in [-0.15, -0.1) is 0 Å². The van der Waals surface area contributed by atoms with Crippen LogP contribution >= 0.6 is 15.9 Å². The Kier molecular flexibility index (Phi) is 4.98. The largest absolute Gasteiger partial charge is 0.359 e. The van der Waals surface area contributed by atoms with Crippen LogP contribution in [0.3, 0.4) is 0 Å². The van der Waals surface area contributed by atoms with Gasteiger partial charge in [-0.25, -0.2) is 0 Å². The van der Waals surface area contributed by atoms with Gasteiger partial charge >= 0.3 is 0 Å². The van der Waals surface area contributed by atoms with Crippen molar-refractivity contribution < 1.29 is 9.59 Å². The summed E-state index contributed by atoms with van der Waals surface area (Å²) in [5, 5.41) is 5.51. The third-order valence-corrected chi connectivity index (χ3v) is 2.55. The van der Waals surface area contributed by atoms with Gasteiger partial charge in [-0.1, -0.05) is 34.1 Å². The van der Waals surface area contributed by atoms with Crippen molar-refractivity contribution in [3.8, 4) is 0 Å². The molecule has 16 heavy (non-hydrogen) atoms. The first-order valence-electron chi connectivity index (χ1n) is 4.81. The van der Waals surface area contributed by atoms with Crippen LogP contribution in [-0.2, 0) is 16.0 Å². The van der Waals surface area contributed by atoms with Crippen LogP contribution in [0.2, 0.25) is 0 Å². The zero-order valence-electron chi connectivity index (χ0n) is 8.92. The molecule has 0 saturated heterocycles. The molecule has 5 heteroatoms. The quantitative estimate of drug-likeness (QED) is 0.819. The van der Waals surface area contributed by atoms with Gasteiger partial charge in [0.05, 0.1) is 11.8 Å². The number of alkyl halides is 1. The molecule has 1 rings (SSSR count). The molecule has 1 aromatic rings. The summed E-state index contributed by atoms with van der Waals surface area (Å²) in [6, 6.07) is 7.25. The van der Waals surface area contributed by atoms with E-state index in [0.717, 1.165) is 5.56 Å². The summed E-state index contributed by atoms with van der Waals surface area (Å²) in [4.78, 5) is 22.5. The number of carbonyl (C=O) groups excluding carboxylic acids is 2. The molecule has 0 saturated carbocycles. The van der Waals surface area contributed by atoms with Gasteiger partial charge < -0.3 is 10.6 Å². The maximum atomic E-state index is 11.3. The van der Waals surface area contributed by atoms with E-state index in [9.17, 15) is 9.59 Å². The molecule has 1 aromatic carbocycles. The number of likely N-dealkylation sites (N-methyl/N-ethyl adjacent to an activating group) is 1. The minimum absolute atomic E-state index is 0.0828. The van der Waals surface area contributed by atoms with E-state index in [1.165, 1.54) is 0 Å². The monoisotopic (exact) mass is 284 g/mol. The summed E-state index contributed by atoms with van der Waals surface area (Å²) in [5.74, 6) is -0.218. The zero-order chi connectivity index (χ0) is 12.0. The van der Waals surface area contributed by atoms with Crippen LogP contribution in [0.5, 0.6) is 0 Å². The number of para-hydroxylation sites is 1. The first-order chi connectivity index (χ1) is 7.67. The van der Waals surface area contributed by atoms with Crippen molar-refractivity contribution in [1.82, 2.24) is 5.32 Å². The van der Waals surface area contributed by atoms with Crippen molar-refractivity contribution in [3.63, 3.8) is 0 Å². The van der Waals surface area contributed by atoms with Crippen molar-refractivity contribution in [2.24, 2.45) is 0 Å². The van der Waals surface area contributed by atoms with E-state index in [1.807, 2.05) is 18.2 Å². The first kappa shape index (κ1) is 12.7. The Morgan fingerprint density at radius 2 is 1.94 bits per heavy atom. The normalized spacial score (nSPS) is 9.62. The number of nitrogens with one attached hydrogen (secondary N) is 2. The molecule has 0 aromatic heterocycles. The highest BCUT2D eigenvalue weighted by Gasteiger charge is 2.08. The maximum absolute atomic E-state index is 11.3. The predicted molar refractivity (Wildman–Crippen MR) is 66.6 cm³/mol. The third kappa shape index (κ3) is 3.66. The molecular formula is C11H13BrN2O2. The van der Waals surface area contributed by atoms with Gasteiger partial charge in [-0.05, 0) is 11.6 Å². The van der Waals surface area contributed by atoms with Gasteiger partial charge in [0.1, 0.15) is 0 Å². The van der Waals surface area contributed by atoms with Crippen molar-refractivity contribution in [1.29, 1.82) is 0 Å². The fourth-order valence-corrected chi connectivity index (χ4v) is 1.38. The second kappa shape index (κ2) is 6.27. The minimum atomic E-state index is -0.135. The molecule has 0 aliphatic carbocycles. The van der Waals surface area contributed by atoms with E-state index in [4.69, 9.17) is 0 Å². The Morgan fingerprint density at radius 3 is 2.56 bits per heavy atom. The fourth-order valence-electron chi connectivity index (χ4n) is 1.24. The Labute approximate surface area is 103 Å². The molecule has 2 amide bonds. The Balaban J connectivity index is 2.83. The number of amides is 2. The van der Waals surface area contributed by atoms with Crippen LogP contribution in [0, 0.1) is 0 Å². The van der Waals surface area contributed by atoms with Crippen LogP contribution in [0.25, 0.3) is 0 Å². The highest BCUT2D eigenvalue weighted by molar-refractivity contribution is 9.09. The minimum Gasteiger partial charge on any atom is -0.359 e. The highest BCUT2D eigenvalue weighted by atomic mass is 79.9. The van der Waals surface area contributed by atoms with Gasteiger partial charge in [0.25, 0.3) is 0 Å². The van der Waals surface area contributed by atoms with Crippen molar-refractivity contribution in [3.05, 3.63) is 29.8 Å². The van der Waals surface area contributed by atoms with Crippen LogP contribution in [0.1, 0.15) is 5.56 Å². The topological polar surface area (TPSA) is 58.2 Å². The molecular weight excluding hydrogens is 272 g/mol. The van der Waals surface area contributed by atoms with E-state index in [2.05, 4.69) is 26.6 Å². The lowest BCUT2D eigenvalue weighted by Gasteiger charge is -2.09. The van der Waals surface area contributed by atoms with E-state index >= 15 is 0 Å². The molecule has 0 atom stereocenters. The van der Waals surface area contributed by atoms with E-state index in [-0.39, 0.29) is 23.6 Å². The van der Waals surface area contributed by atoms with E-state index < -0.39 is 0 Å². The lowest BCUT2D eigenvalue weighted by molar-refractivity contribution is -0.120. The molecule has 0 heterocycles. The average Bonchev–Trinajstić information content (AvgIpc) is 2.31. The standard InChI is InChI=1S/C11H13BrN2O2/c1-13-10(15)6-8-4-2-3-5-9(8)14-11(16)7-12/h2-5H,6-7H2,1H3,(H,13,15)(H,14,16). The van der Waals surface area contributed by atoms with E-state index in [1.54, 1.807) is 13.1 Å². The fraction of sp³-hybridized carbons (Fsp3) is 0.273. The first-order valence-corrected chi connectivity index (χ1v) is 5.93. The van der Waals surface area contributed by atoms with Gasteiger partial charge in [-0.2, -0.15) is 0 Å². The Morgan fingerprint density at radius 1 is 1.25 bits per heavy atom. The Hall–Kier alpha value is -1.36. The maximum Gasteiger partial charge on any atom is 0.235 e. The van der Waals surface area contributed by atoms with Crippen LogP contribution in [0.4, 0.5) is 5.69 Å². The summed E-state index contributed by atoms with van der Waals surface area (Å²) in [6.07, 6.45) is 0.259. The van der Waals surface area contributed by atoms with Gasteiger partial charge in [0.15, 0.2) is 0 Å². The number of hydrogen-bond acceptors (Lipinski definition) is 2. The number of rotatable bonds is 4. The highest BCUT2D eigenvalue weighted by Crippen LogP contribution is 2.15. The second-order valence-electron chi connectivity index (χ2n) is 3.19. The summed E-state index contributed by atoms with van der Waals surface area (Å²) in [7, 11) is 1.59. The van der Waals surface area contributed by atoms with Crippen molar-refractivity contribution in [2.75, 3.05) is 17.7 Å². The summed E-state index contributed by atoms with van der Waals surface area (Å²) in [5.41, 5.74) is 1.48. The summed E-state index contributed by atoms with van der Waals surface area (Å²) in [6.45, 7) is 0. The smallest absolute Gasteiger partial charge is 0.235 e. The van der Waals surface area contributed by atoms with Gasteiger partial charge in [0, 0.05) is 12.7 Å². The van der Waals surface area contributed by atoms with Crippen molar-refractivity contribution >= 4 is 33.4 Å². The molecule has 2 N–H and O–H groups in total. The van der Waals surface area contributed by atoms with Gasteiger partial charge in [0.2, 0.25) is 11.8 Å². The summed E-state index contributed by atoms with van der Waals surface area (Å²) >= 11 is 3.07. The number of benzene rings is 1. The molecule has 0 aliphatic rings. The average molecular weight is 285 g/mol. The number of hydrogen-bond donors (Lipinski definition) is 2. The van der Waals surface area contributed by atoms with E-state index in [0.29, 0.717) is 5.69 Å². The molecule has 0 aliphatic heterocycles. The number of halogens is 1. The molecule has 4 nitrogen and oxygen atoms in total. The lowest BCUT2D eigenvalue weighted by atomic mass is 10.1. The Bertz CT molecular complexity index is 356. The lowest BCUT2D eigenvalue weighted by Crippen LogP contribution is -2.21. The zero-order valence-corrected chi connectivity index (χ0v) is 10.5. The predicted octanol–water partition coefficient (Wildman–Crippen LogP) is 1.31. The molecule has 0 radical (unpaired) electrons. The number of carbonyl (C=O) groups is 2. The number of anilines is 1. The molecule has 0 fully saturated rings. The molecule has 0 spiro atoms. The SMILES string of the molecule is CNC(=O)Cc1ccccc1NC(=O)CBr. The third-order valence-electron chi connectivity index (χ3n) is 2.04. The van der Waals surface area contributed by atoms with Crippen LogP contribution in [0.15, 0.2) is 24.3 Å². The molecule has 0 unspecified atom stereocenters. The second-order valence-corrected chi connectivity index (χ2v) is 3.75. The van der Waals surface area contributed by atoms with Crippen LogP contribution in [-0.4, -0.2) is 24.2 Å². The van der Waals surface area contributed by atoms with Gasteiger partial charge in [-0.3, -0.25) is 9.59 Å². The van der Waals surface area contributed by atoms with Crippen molar-refractivity contribution in [2.45, 2.75) is 6.42 Å².